The van der Waals surface area contributed by atoms with Crippen molar-refractivity contribution >= 4 is 26.8 Å². The van der Waals surface area contributed by atoms with Crippen molar-refractivity contribution in [1.82, 2.24) is 14.7 Å². The minimum atomic E-state index is -0.0969. The van der Waals surface area contributed by atoms with E-state index in [1.807, 2.05) is 19.1 Å². The third kappa shape index (κ3) is 2.31. The van der Waals surface area contributed by atoms with Gasteiger partial charge in [0.05, 0.1) is 29.5 Å². The zero-order valence-corrected chi connectivity index (χ0v) is 11.7. The molecule has 0 aliphatic rings. The molecular weight excluding hydrogens is 310 g/mol. The number of hydrogen-bond acceptors (Lipinski definition) is 4. The molecule has 0 saturated carbocycles. The molecule has 0 spiro atoms. The quantitative estimate of drug-likeness (QED) is 0.728. The van der Waals surface area contributed by atoms with Gasteiger partial charge in [0.1, 0.15) is 0 Å². The molecule has 5 nitrogen and oxygen atoms in total. The molecule has 96 valence electrons. The first-order valence-corrected chi connectivity index (χ1v) is 6.50. The van der Waals surface area contributed by atoms with E-state index in [-0.39, 0.29) is 5.56 Å². The Labute approximate surface area is 117 Å². The molecule has 19 heavy (non-hydrogen) atoms. The highest BCUT2D eigenvalue weighted by Gasteiger charge is 2.07. The molecule has 0 radical (unpaired) electrons. The average Bonchev–Trinajstić information content (AvgIpc) is 2.79. The maximum Gasteiger partial charge on any atom is 0.261 e. The van der Waals surface area contributed by atoms with E-state index < -0.39 is 0 Å². The van der Waals surface area contributed by atoms with E-state index in [0.29, 0.717) is 23.2 Å². The first-order valence-electron chi connectivity index (χ1n) is 5.70. The van der Waals surface area contributed by atoms with E-state index in [4.69, 9.17) is 4.52 Å². The van der Waals surface area contributed by atoms with Crippen molar-refractivity contribution in [1.29, 1.82) is 0 Å². The average molecular weight is 320 g/mol. The van der Waals surface area contributed by atoms with Gasteiger partial charge in [-0.2, -0.15) is 0 Å². The molecule has 0 amide bonds. The van der Waals surface area contributed by atoms with Crippen LogP contribution in [0.1, 0.15) is 11.5 Å². The predicted molar refractivity (Wildman–Crippen MR) is 74.0 cm³/mol. The molecule has 0 atom stereocenters. The minimum absolute atomic E-state index is 0.0969. The summed E-state index contributed by atoms with van der Waals surface area (Å²) < 4.78 is 7.47. The first-order chi connectivity index (χ1) is 9.13. The number of aromatic nitrogens is 3. The monoisotopic (exact) mass is 319 g/mol. The fourth-order valence-electron chi connectivity index (χ4n) is 1.90. The Morgan fingerprint density at radius 3 is 2.95 bits per heavy atom. The third-order valence-corrected chi connectivity index (χ3v) is 3.28. The van der Waals surface area contributed by atoms with E-state index in [1.165, 1.54) is 10.9 Å². The second-order valence-corrected chi connectivity index (χ2v) is 5.19. The summed E-state index contributed by atoms with van der Waals surface area (Å²) in [5.41, 5.74) is 1.37. The van der Waals surface area contributed by atoms with Crippen molar-refractivity contribution in [2.45, 2.75) is 13.5 Å². The van der Waals surface area contributed by atoms with Crippen LogP contribution in [-0.4, -0.2) is 14.7 Å². The Morgan fingerprint density at radius 2 is 2.21 bits per heavy atom. The molecule has 0 fully saturated rings. The smallest absolute Gasteiger partial charge is 0.261 e. The molecule has 0 N–H and O–H groups in total. The number of benzene rings is 1. The lowest BCUT2D eigenvalue weighted by atomic mass is 10.2. The van der Waals surface area contributed by atoms with E-state index in [2.05, 4.69) is 26.1 Å². The second-order valence-electron chi connectivity index (χ2n) is 4.27. The largest absolute Gasteiger partial charge is 0.359 e. The van der Waals surface area contributed by atoms with E-state index in [1.54, 1.807) is 12.1 Å². The van der Waals surface area contributed by atoms with Gasteiger partial charge in [0.2, 0.25) is 0 Å². The van der Waals surface area contributed by atoms with Crippen LogP contribution in [0.4, 0.5) is 0 Å². The summed E-state index contributed by atoms with van der Waals surface area (Å²) in [5.74, 6) is 0.635. The summed E-state index contributed by atoms with van der Waals surface area (Å²) in [5, 5.41) is 4.38. The van der Waals surface area contributed by atoms with Crippen molar-refractivity contribution in [3.8, 4) is 0 Å². The lowest BCUT2D eigenvalue weighted by Crippen LogP contribution is -2.20. The van der Waals surface area contributed by atoms with Crippen molar-refractivity contribution in [2.24, 2.45) is 0 Å². The Balaban J connectivity index is 2.09. The zero-order chi connectivity index (χ0) is 13.4. The summed E-state index contributed by atoms with van der Waals surface area (Å²) in [6.45, 7) is 2.17. The van der Waals surface area contributed by atoms with Crippen molar-refractivity contribution in [3.63, 3.8) is 0 Å². The van der Waals surface area contributed by atoms with Crippen LogP contribution in [0.5, 0.6) is 0 Å². The van der Waals surface area contributed by atoms with Gasteiger partial charge in [0.25, 0.3) is 5.56 Å². The number of rotatable bonds is 2. The Hall–Kier alpha value is -1.95. The van der Waals surface area contributed by atoms with Crippen LogP contribution in [0.2, 0.25) is 0 Å². The van der Waals surface area contributed by atoms with Gasteiger partial charge in [-0.05, 0) is 25.1 Å². The third-order valence-electron chi connectivity index (χ3n) is 2.79. The normalized spacial score (nSPS) is 11.1. The summed E-state index contributed by atoms with van der Waals surface area (Å²) in [4.78, 5) is 16.6. The molecule has 0 aliphatic heterocycles. The highest BCUT2D eigenvalue weighted by molar-refractivity contribution is 9.10. The van der Waals surface area contributed by atoms with E-state index in [0.717, 1.165) is 10.2 Å². The SMILES string of the molecule is Cc1cc(Cn2cnc3ccc(Br)cc3c2=O)on1. The number of hydrogen-bond donors (Lipinski definition) is 0. The second kappa shape index (κ2) is 4.62. The Bertz CT molecular complexity index is 807. The fraction of sp³-hybridized carbons (Fsp3) is 0.154. The van der Waals surface area contributed by atoms with Crippen LogP contribution in [0, 0.1) is 6.92 Å². The van der Waals surface area contributed by atoms with Crippen molar-refractivity contribution in [3.05, 3.63) is 56.9 Å². The van der Waals surface area contributed by atoms with Gasteiger partial charge >= 0.3 is 0 Å². The van der Waals surface area contributed by atoms with Gasteiger partial charge in [-0.3, -0.25) is 9.36 Å². The van der Waals surface area contributed by atoms with Crippen molar-refractivity contribution in [2.75, 3.05) is 0 Å². The minimum Gasteiger partial charge on any atom is -0.359 e. The standard InChI is InChI=1S/C13H10BrN3O2/c1-8-4-10(19-16-8)6-17-7-15-12-3-2-9(14)5-11(12)13(17)18/h2-5,7H,6H2,1H3. The van der Waals surface area contributed by atoms with Gasteiger partial charge in [-0.25, -0.2) is 4.98 Å². The van der Waals surface area contributed by atoms with E-state index in [9.17, 15) is 4.79 Å². The molecule has 0 saturated heterocycles. The lowest BCUT2D eigenvalue weighted by molar-refractivity contribution is 0.371. The van der Waals surface area contributed by atoms with Crippen LogP contribution in [0.3, 0.4) is 0 Å². The molecule has 0 aliphatic carbocycles. The van der Waals surface area contributed by atoms with Crippen LogP contribution in [-0.2, 0) is 6.54 Å². The highest BCUT2D eigenvalue weighted by Crippen LogP contribution is 2.15. The van der Waals surface area contributed by atoms with Gasteiger partial charge in [-0.15, -0.1) is 0 Å². The van der Waals surface area contributed by atoms with Crippen molar-refractivity contribution < 1.29 is 4.52 Å². The van der Waals surface area contributed by atoms with E-state index >= 15 is 0 Å². The van der Waals surface area contributed by atoms with Crippen LogP contribution in [0.15, 0.2) is 44.4 Å². The summed E-state index contributed by atoms with van der Waals surface area (Å²) in [6, 6.07) is 7.24. The molecule has 3 aromatic rings. The van der Waals surface area contributed by atoms with Crippen LogP contribution < -0.4 is 5.56 Å². The van der Waals surface area contributed by atoms with Gasteiger partial charge in [0, 0.05) is 10.5 Å². The topological polar surface area (TPSA) is 60.9 Å². The highest BCUT2D eigenvalue weighted by atomic mass is 79.9. The summed E-state index contributed by atoms with van der Waals surface area (Å²) in [6.07, 6.45) is 1.52. The molecule has 6 heteroatoms. The first kappa shape index (κ1) is 12.1. The molecule has 2 heterocycles. The number of nitrogens with zero attached hydrogens (tertiary/aromatic N) is 3. The lowest BCUT2D eigenvalue weighted by Gasteiger charge is -2.04. The molecular formula is C13H10BrN3O2. The summed E-state index contributed by atoms with van der Waals surface area (Å²) in [7, 11) is 0. The fourth-order valence-corrected chi connectivity index (χ4v) is 2.26. The molecule has 0 unspecified atom stereocenters. The maximum absolute atomic E-state index is 12.3. The maximum atomic E-state index is 12.3. The van der Waals surface area contributed by atoms with Crippen LogP contribution >= 0.6 is 15.9 Å². The molecule has 3 rings (SSSR count). The van der Waals surface area contributed by atoms with Gasteiger partial charge in [0.15, 0.2) is 5.76 Å². The van der Waals surface area contributed by atoms with Gasteiger partial charge in [-0.1, -0.05) is 21.1 Å². The van der Waals surface area contributed by atoms with Gasteiger partial charge < -0.3 is 4.52 Å². The number of aryl methyl sites for hydroxylation is 1. The zero-order valence-electron chi connectivity index (χ0n) is 10.1. The molecule has 2 aromatic heterocycles. The Kier molecular flexibility index (Phi) is 2.94. The van der Waals surface area contributed by atoms with Crippen LogP contribution in [0.25, 0.3) is 10.9 Å². The predicted octanol–water partition coefficient (Wildman–Crippen LogP) is 2.50. The Morgan fingerprint density at radius 1 is 1.37 bits per heavy atom. The summed E-state index contributed by atoms with van der Waals surface area (Å²) >= 11 is 3.36. The number of fused-ring (bicyclic) bond motifs is 1. The molecule has 0 bridgehead atoms. The molecule has 1 aromatic carbocycles. The number of halogens is 1.